The molecule has 0 bridgehead atoms. The summed E-state index contributed by atoms with van der Waals surface area (Å²) in [6.07, 6.45) is -0.318. The van der Waals surface area contributed by atoms with Crippen molar-refractivity contribution in [1.29, 1.82) is 0 Å². The third-order valence-corrected chi connectivity index (χ3v) is 4.78. The number of β-amino-alcohol motifs (C(OH)–C–C–N with tert-alkyl or cyclic N) is 1. The van der Waals surface area contributed by atoms with E-state index in [0.717, 1.165) is 23.3 Å². The van der Waals surface area contributed by atoms with Crippen molar-refractivity contribution in [2.45, 2.75) is 25.6 Å². The summed E-state index contributed by atoms with van der Waals surface area (Å²) >= 11 is 0. The number of carbonyl (C=O) groups is 1. The summed E-state index contributed by atoms with van der Waals surface area (Å²) in [5, 5.41) is 16.0. The molecule has 0 saturated carbocycles. The van der Waals surface area contributed by atoms with Crippen molar-refractivity contribution in [2.24, 2.45) is 5.92 Å². The van der Waals surface area contributed by atoms with E-state index < -0.39 is 12.2 Å². The van der Waals surface area contributed by atoms with E-state index in [1.165, 1.54) is 0 Å². The maximum atomic E-state index is 12.9. The molecule has 3 unspecified atom stereocenters. The number of aliphatic hydroxyl groups is 1. The maximum Gasteiger partial charge on any atom is 0.265 e. The SMILES string of the molecule is CCc1ccccc1OC(C(=O)NCC1CNCC1O)c1ccccc1.Cl. The first-order valence-electron chi connectivity index (χ1n) is 9.15. The van der Waals surface area contributed by atoms with E-state index in [2.05, 4.69) is 17.6 Å². The van der Waals surface area contributed by atoms with Gasteiger partial charge in [-0.25, -0.2) is 0 Å². The van der Waals surface area contributed by atoms with Gasteiger partial charge >= 0.3 is 0 Å². The van der Waals surface area contributed by atoms with Crippen LogP contribution in [0.1, 0.15) is 24.2 Å². The van der Waals surface area contributed by atoms with Crippen molar-refractivity contribution < 1.29 is 14.6 Å². The van der Waals surface area contributed by atoms with Gasteiger partial charge in [0.25, 0.3) is 5.91 Å². The van der Waals surface area contributed by atoms with E-state index in [4.69, 9.17) is 4.74 Å². The van der Waals surface area contributed by atoms with Gasteiger partial charge in [-0.15, -0.1) is 12.4 Å². The van der Waals surface area contributed by atoms with E-state index in [-0.39, 0.29) is 24.2 Å². The van der Waals surface area contributed by atoms with Crippen molar-refractivity contribution in [3.63, 3.8) is 0 Å². The molecule has 0 radical (unpaired) electrons. The molecule has 0 aromatic heterocycles. The number of halogens is 1. The Balaban J connectivity index is 0.00000261. The van der Waals surface area contributed by atoms with E-state index in [0.29, 0.717) is 19.6 Å². The second-order valence-electron chi connectivity index (χ2n) is 6.60. The molecule has 1 aliphatic rings. The zero-order valence-corrected chi connectivity index (χ0v) is 16.2. The molecule has 1 saturated heterocycles. The van der Waals surface area contributed by atoms with Crippen LogP contribution >= 0.6 is 12.4 Å². The van der Waals surface area contributed by atoms with Crippen LogP contribution in [-0.2, 0) is 11.2 Å². The minimum atomic E-state index is -0.726. The number of nitrogens with one attached hydrogen (secondary N) is 2. The van der Waals surface area contributed by atoms with Crippen LogP contribution in [0, 0.1) is 5.92 Å². The average Bonchev–Trinajstić information content (AvgIpc) is 3.10. The second-order valence-corrected chi connectivity index (χ2v) is 6.60. The Morgan fingerprint density at radius 3 is 2.56 bits per heavy atom. The summed E-state index contributed by atoms with van der Waals surface area (Å²) in [6, 6.07) is 17.3. The normalized spacial score (nSPS) is 19.8. The Bertz CT molecular complexity index is 726. The summed E-state index contributed by atoms with van der Waals surface area (Å²) in [5.41, 5.74) is 1.87. The number of hydrogen-bond acceptors (Lipinski definition) is 4. The van der Waals surface area contributed by atoms with Gasteiger partial charge in [0.2, 0.25) is 6.10 Å². The highest BCUT2D eigenvalue weighted by Crippen LogP contribution is 2.26. The number of rotatable bonds is 7. The van der Waals surface area contributed by atoms with Gasteiger partial charge in [0.1, 0.15) is 5.75 Å². The first-order chi connectivity index (χ1) is 12.7. The molecule has 6 heteroatoms. The summed E-state index contributed by atoms with van der Waals surface area (Å²) in [6.45, 7) is 3.77. The lowest BCUT2D eigenvalue weighted by atomic mass is 10.1. The van der Waals surface area contributed by atoms with Crippen LogP contribution in [0.5, 0.6) is 5.75 Å². The molecule has 3 atom stereocenters. The molecule has 1 heterocycles. The molecule has 0 spiro atoms. The quantitative estimate of drug-likeness (QED) is 0.679. The molecule has 1 aliphatic heterocycles. The fourth-order valence-electron chi connectivity index (χ4n) is 3.19. The molecular weight excluding hydrogens is 364 g/mol. The molecule has 1 fully saturated rings. The van der Waals surface area contributed by atoms with E-state index in [1.807, 2.05) is 54.6 Å². The molecule has 2 aromatic rings. The highest BCUT2D eigenvalue weighted by Gasteiger charge is 2.28. The number of ether oxygens (including phenoxy) is 1. The Hall–Kier alpha value is -2.08. The monoisotopic (exact) mass is 390 g/mol. The van der Waals surface area contributed by atoms with Gasteiger partial charge in [-0.3, -0.25) is 4.79 Å². The third-order valence-electron chi connectivity index (χ3n) is 4.78. The first-order valence-corrected chi connectivity index (χ1v) is 9.15. The number of carbonyl (C=O) groups excluding carboxylic acids is 1. The molecule has 2 aromatic carbocycles. The van der Waals surface area contributed by atoms with Gasteiger partial charge in [-0.05, 0) is 18.1 Å². The number of aryl methyl sites for hydroxylation is 1. The number of para-hydroxylation sites is 1. The second kappa shape index (κ2) is 10.3. The van der Waals surface area contributed by atoms with Crippen LogP contribution in [0.25, 0.3) is 0 Å². The van der Waals surface area contributed by atoms with Gasteiger partial charge in [-0.2, -0.15) is 0 Å². The third kappa shape index (κ3) is 5.45. The standard InChI is InChI=1S/C21H26N2O3.ClH/c1-2-15-8-6-7-11-19(15)26-20(16-9-4-3-5-10-16)21(25)23-13-17-12-22-14-18(17)24;/h3-11,17-18,20,22,24H,2,12-14H2,1H3,(H,23,25);1H. The minimum absolute atomic E-state index is 0. The highest BCUT2D eigenvalue weighted by molar-refractivity contribution is 5.85. The van der Waals surface area contributed by atoms with Crippen LogP contribution < -0.4 is 15.4 Å². The van der Waals surface area contributed by atoms with Gasteiger partial charge in [-0.1, -0.05) is 55.5 Å². The Morgan fingerprint density at radius 2 is 1.89 bits per heavy atom. The van der Waals surface area contributed by atoms with Crippen molar-refractivity contribution in [2.75, 3.05) is 19.6 Å². The van der Waals surface area contributed by atoms with Gasteiger partial charge < -0.3 is 20.5 Å². The fraction of sp³-hybridized carbons (Fsp3) is 0.381. The largest absolute Gasteiger partial charge is 0.476 e. The van der Waals surface area contributed by atoms with Crippen molar-refractivity contribution in [1.82, 2.24) is 10.6 Å². The predicted octanol–water partition coefficient (Wildman–Crippen LogP) is 2.49. The molecule has 27 heavy (non-hydrogen) atoms. The Morgan fingerprint density at radius 1 is 1.19 bits per heavy atom. The van der Waals surface area contributed by atoms with E-state index >= 15 is 0 Å². The molecular formula is C21H27ClN2O3. The zero-order valence-electron chi connectivity index (χ0n) is 15.4. The van der Waals surface area contributed by atoms with Crippen LogP contribution in [0.3, 0.4) is 0 Å². The lowest BCUT2D eigenvalue weighted by molar-refractivity contribution is -0.128. The number of amides is 1. The molecule has 146 valence electrons. The van der Waals surface area contributed by atoms with E-state index in [9.17, 15) is 9.90 Å². The van der Waals surface area contributed by atoms with Gasteiger partial charge in [0.15, 0.2) is 0 Å². The summed E-state index contributed by atoms with van der Waals surface area (Å²) in [5.74, 6) is 0.557. The predicted molar refractivity (Wildman–Crippen MR) is 108 cm³/mol. The smallest absolute Gasteiger partial charge is 0.265 e. The lowest BCUT2D eigenvalue weighted by Crippen LogP contribution is -2.38. The highest BCUT2D eigenvalue weighted by atomic mass is 35.5. The maximum absolute atomic E-state index is 12.9. The summed E-state index contributed by atoms with van der Waals surface area (Å²) < 4.78 is 6.14. The summed E-state index contributed by atoms with van der Waals surface area (Å²) in [4.78, 5) is 12.9. The molecule has 0 aliphatic carbocycles. The fourth-order valence-corrected chi connectivity index (χ4v) is 3.19. The molecule has 5 nitrogen and oxygen atoms in total. The lowest BCUT2D eigenvalue weighted by Gasteiger charge is -2.22. The molecule has 3 N–H and O–H groups in total. The van der Waals surface area contributed by atoms with Crippen molar-refractivity contribution in [3.8, 4) is 5.75 Å². The van der Waals surface area contributed by atoms with Gasteiger partial charge in [0, 0.05) is 31.1 Å². The Labute approximate surface area is 166 Å². The van der Waals surface area contributed by atoms with Crippen LogP contribution in [0.15, 0.2) is 54.6 Å². The van der Waals surface area contributed by atoms with Crippen molar-refractivity contribution >= 4 is 18.3 Å². The molecule has 1 amide bonds. The van der Waals surface area contributed by atoms with Crippen LogP contribution in [0.4, 0.5) is 0 Å². The minimum Gasteiger partial charge on any atom is -0.476 e. The average molecular weight is 391 g/mol. The topological polar surface area (TPSA) is 70.6 Å². The number of hydrogen-bond donors (Lipinski definition) is 3. The number of aliphatic hydroxyl groups excluding tert-OH is 1. The van der Waals surface area contributed by atoms with Gasteiger partial charge in [0.05, 0.1) is 6.10 Å². The van der Waals surface area contributed by atoms with Crippen LogP contribution in [0.2, 0.25) is 0 Å². The van der Waals surface area contributed by atoms with Crippen molar-refractivity contribution in [3.05, 3.63) is 65.7 Å². The van der Waals surface area contributed by atoms with Crippen LogP contribution in [-0.4, -0.2) is 36.8 Å². The Kier molecular flexibility index (Phi) is 8.10. The molecule has 3 rings (SSSR count). The zero-order chi connectivity index (χ0) is 18.4. The summed E-state index contributed by atoms with van der Waals surface area (Å²) in [7, 11) is 0. The van der Waals surface area contributed by atoms with E-state index in [1.54, 1.807) is 0 Å². The number of benzene rings is 2. The first kappa shape index (κ1) is 21.2.